The van der Waals surface area contributed by atoms with Crippen LogP contribution in [0.5, 0.6) is 5.75 Å². The molecule has 0 spiro atoms. The quantitative estimate of drug-likeness (QED) is 0.244. The van der Waals surface area contributed by atoms with Gasteiger partial charge in [-0.15, -0.1) is 0 Å². The first-order valence-electron chi connectivity index (χ1n) is 16.6. The van der Waals surface area contributed by atoms with Gasteiger partial charge in [0.1, 0.15) is 5.75 Å². The Bertz CT molecular complexity index is 1300. The van der Waals surface area contributed by atoms with E-state index in [9.17, 15) is 13.5 Å². The maximum absolute atomic E-state index is 14.1. The molecule has 2 bridgehead atoms. The SMILES string of the molecule is CCCCC1(CCCC)CS(=O)(=O)c2ccc(N(C)C)cc2C(c2ccc(OCCC[N+]34CCN(CC3)CC4)cc2)C1O. The third-order valence-electron chi connectivity index (χ3n) is 10.6. The molecule has 43 heavy (non-hydrogen) atoms. The largest absolute Gasteiger partial charge is 0.493 e. The number of unbranched alkanes of at least 4 members (excludes halogenated alkanes) is 2. The fourth-order valence-corrected chi connectivity index (χ4v) is 10.0. The molecule has 0 aliphatic carbocycles. The molecule has 4 heterocycles. The number of nitrogens with zero attached hydrogens (tertiary/aromatic N) is 3. The minimum absolute atomic E-state index is 0.00873. The summed E-state index contributed by atoms with van der Waals surface area (Å²) in [5.41, 5.74) is 1.88. The minimum atomic E-state index is -3.61. The lowest BCUT2D eigenvalue weighted by Crippen LogP contribution is -2.67. The third kappa shape index (κ3) is 6.92. The van der Waals surface area contributed by atoms with E-state index in [1.165, 1.54) is 50.3 Å². The van der Waals surface area contributed by atoms with Crippen LogP contribution in [-0.4, -0.2) is 101 Å². The number of hydrogen-bond acceptors (Lipinski definition) is 6. The molecule has 7 nitrogen and oxygen atoms in total. The normalized spacial score (nSPS) is 27.3. The highest BCUT2D eigenvalue weighted by molar-refractivity contribution is 7.91. The summed E-state index contributed by atoms with van der Waals surface area (Å²) in [6, 6.07) is 13.7. The van der Waals surface area contributed by atoms with E-state index in [2.05, 4.69) is 18.7 Å². The number of anilines is 1. The zero-order valence-electron chi connectivity index (χ0n) is 26.9. The summed E-state index contributed by atoms with van der Waals surface area (Å²) >= 11 is 0. The fourth-order valence-electron chi connectivity index (χ4n) is 7.82. The van der Waals surface area contributed by atoms with E-state index in [0.717, 1.165) is 49.1 Å². The van der Waals surface area contributed by atoms with Crippen molar-refractivity contribution in [1.29, 1.82) is 0 Å². The minimum Gasteiger partial charge on any atom is -0.493 e. The Labute approximate surface area is 260 Å². The smallest absolute Gasteiger partial charge is 0.179 e. The Balaban J connectivity index is 1.42. The van der Waals surface area contributed by atoms with Gasteiger partial charge in [-0.2, -0.15) is 0 Å². The van der Waals surface area contributed by atoms with E-state index in [1.807, 2.05) is 55.4 Å². The molecule has 2 atom stereocenters. The molecule has 8 heteroatoms. The number of ether oxygens (including phenoxy) is 1. The summed E-state index contributed by atoms with van der Waals surface area (Å²) in [6.45, 7) is 13.6. The fraction of sp³-hybridized carbons (Fsp3) is 0.657. The van der Waals surface area contributed by atoms with Gasteiger partial charge >= 0.3 is 0 Å². The van der Waals surface area contributed by atoms with Crippen molar-refractivity contribution in [3.8, 4) is 5.75 Å². The van der Waals surface area contributed by atoms with E-state index in [0.29, 0.717) is 29.9 Å². The summed E-state index contributed by atoms with van der Waals surface area (Å²) < 4.78 is 35.6. The van der Waals surface area contributed by atoms with Crippen LogP contribution in [0.15, 0.2) is 47.4 Å². The molecular formula is C35H54N3O4S+. The van der Waals surface area contributed by atoms with Gasteiger partial charge in [-0.05, 0) is 54.3 Å². The van der Waals surface area contributed by atoms with Crippen molar-refractivity contribution in [3.63, 3.8) is 0 Å². The van der Waals surface area contributed by atoms with Crippen LogP contribution in [0.25, 0.3) is 0 Å². The Hall–Kier alpha value is -2.13. The molecule has 238 valence electrons. The molecular weight excluding hydrogens is 558 g/mol. The van der Waals surface area contributed by atoms with Gasteiger partial charge in [-0.3, -0.25) is 4.90 Å². The number of aliphatic hydroxyl groups excluding tert-OH is 1. The number of rotatable bonds is 13. The first-order valence-corrected chi connectivity index (χ1v) is 18.3. The summed E-state index contributed by atoms with van der Waals surface area (Å²) in [5.74, 6) is 0.377. The zero-order chi connectivity index (χ0) is 30.7. The standard InChI is InChI=1S/C35H54N3O4S/c1-5-7-16-35(17-8-6-2)27-43(40,41)32-15-12-29(36(3)4)26-31(32)33(34(35)39)28-10-13-30(14-11-28)42-25-9-21-38-22-18-37(19-23-38)20-24-38/h10-15,26,33-34,39H,5-9,16-25,27H2,1-4H3/q+1. The lowest BCUT2D eigenvalue weighted by atomic mass is 9.68. The molecule has 2 unspecified atom stereocenters. The molecule has 0 amide bonds. The van der Waals surface area contributed by atoms with E-state index in [4.69, 9.17) is 4.74 Å². The van der Waals surface area contributed by atoms with Gasteiger partial charge in [-0.25, -0.2) is 8.42 Å². The number of fused-ring (bicyclic) bond motifs is 4. The van der Waals surface area contributed by atoms with E-state index < -0.39 is 27.3 Å². The third-order valence-corrected chi connectivity index (χ3v) is 12.6. The molecule has 4 aliphatic heterocycles. The van der Waals surface area contributed by atoms with Crippen molar-refractivity contribution in [2.75, 3.05) is 77.2 Å². The second kappa shape index (κ2) is 13.5. The predicted octanol–water partition coefficient (Wildman–Crippen LogP) is 5.31. The zero-order valence-corrected chi connectivity index (χ0v) is 27.7. The summed E-state index contributed by atoms with van der Waals surface area (Å²) in [5, 5.41) is 12.4. The Kier molecular flexibility index (Phi) is 10.1. The highest BCUT2D eigenvalue weighted by atomic mass is 32.2. The number of benzene rings is 2. The van der Waals surface area contributed by atoms with Crippen LogP contribution in [0.2, 0.25) is 0 Å². The molecule has 3 saturated heterocycles. The van der Waals surface area contributed by atoms with Gasteiger partial charge < -0.3 is 19.2 Å². The number of piperazine rings is 3. The van der Waals surface area contributed by atoms with Crippen molar-refractivity contribution in [3.05, 3.63) is 53.6 Å². The van der Waals surface area contributed by atoms with E-state index in [1.54, 1.807) is 6.07 Å². The molecule has 0 aromatic heterocycles. The van der Waals surface area contributed by atoms with Crippen LogP contribution in [0.3, 0.4) is 0 Å². The van der Waals surface area contributed by atoms with E-state index >= 15 is 0 Å². The van der Waals surface area contributed by atoms with Crippen molar-refractivity contribution < 1.29 is 22.7 Å². The Morgan fingerprint density at radius 2 is 1.58 bits per heavy atom. The van der Waals surface area contributed by atoms with Gasteiger partial charge in [0.25, 0.3) is 0 Å². The van der Waals surface area contributed by atoms with Gasteiger partial charge in [0.15, 0.2) is 9.84 Å². The molecule has 2 aromatic rings. The van der Waals surface area contributed by atoms with Crippen molar-refractivity contribution in [1.82, 2.24) is 4.90 Å². The maximum atomic E-state index is 14.1. The van der Waals surface area contributed by atoms with Crippen LogP contribution in [0.1, 0.15) is 75.8 Å². The van der Waals surface area contributed by atoms with Gasteiger partial charge in [0, 0.05) is 57.2 Å². The monoisotopic (exact) mass is 612 g/mol. The highest BCUT2D eigenvalue weighted by Crippen LogP contribution is 2.50. The molecule has 4 aliphatic rings. The molecule has 0 saturated carbocycles. The van der Waals surface area contributed by atoms with Crippen LogP contribution >= 0.6 is 0 Å². The van der Waals surface area contributed by atoms with Crippen LogP contribution in [0.4, 0.5) is 5.69 Å². The Morgan fingerprint density at radius 1 is 0.953 bits per heavy atom. The lowest BCUT2D eigenvalue weighted by molar-refractivity contribution is -0.941. The van der Waals surface area contributed by atoms with Crippen LogP contribution in [-0.2, 0) is 9.84 Å². The van der Waals surface area contributed by atoms with Crippen LogP contribution in [0, 0.1) is 5.41 Å². The topological polar surface area (TPSA) is 70.1 Å². The second-order valence-corrected chi connectivity index (χ2v) is 15.7. The van der Waals surface area contributed by atoms with Crippen molar-refractivity contribution in [2.24, 2.45) is 5.41 Å². The number of sulfone groups is 1. The summed E-state index contributed by atoms with van der Waals surface area (Å²) in [7, 11) is 0.323. The number of aliphatic hydroxyl groups is 1. The van der Waals surface area contributed by atoms with Crippen LogP contribution < -0.4 is 9.64 Å². The number of hydrogen-bond donors (Lipinski definition) is 1. The lowest BCUT2D eigenvalue weighted by Gasteiger charge is -2.50. The van der Waals surface area contributed by atoms with Crippen molar-refractivity contribution in [2.45, 2.75) is 75.7 Å². The van der Waals surface area contributed by atoms with Gasteiger partial charge in [-0.1, -0.05) is 51.7 Å². The first kappa shape index (κ1) is 32.3. The summed E-state index contributed by atoms with van der Waals surface area (Å²) in [4.78, 5) is 4.94. The number of quaternary nitrogens is 1. The Morgan fingerprint density at radius 3 is 2.16 bits per heavy atom. The van der Waals surface area contributed by atoms with Crippen molar-refractivity contribution >= 4 is 15.5 Å². The maximum Gasteiger partial charge on any atom is 0.179 e. The van der Waals surface area contributed by atoms with Gasteiger partial charge in [0.05, 0.1) is 49.5 Å². The predicted molar refractivity (Wildman–Crippen MR) is 175 cm³/mol. The molecule has 6 rings (SSSR count). The molecule has 0 radical (unpaired) electrons. The summed E-state index contributed by atoms with van der Waals surface area (Å²) in [6.07, 6.45) is 5.35. The average Bonchev–Trinajstić information content (AvgIpc) is 3.08. The molecule has 3 fully saturated rings. The highest BCUT2D eigenvalue weighted by Gasteiger charge is 2.49. The molecule has 2 aromatic carbocycles. The van der Waals surface area contributed by atoms with E-state index in [-0.39, 0.29) is 5.75 Å². The second-order valence-electron chi connectivity index (χ2n) is 13.7. The first-order chi connectivity index (χ1) is 20.6. The molecule has 1 N–H and O–H groups in total. The average molecular weight is 613 g/mol. The van der Waals surface area contributed by atoms with Gasteiger partial charge in [0.2, 0.25) is 0 Å².